The molecule has 78 valence electrons. The van der Waals surface area contributed by atoms with Crippen LogP contribution in [-0.4, -0.2) is 13.6 Å². The number of halogens is 3. The lowest BCUT2D eigenvalue weighted by molar-refractivity contribution is 0.605. The monoisotopic (exact) mass is 365 g/mol. The average molecular weight is 366 g/mol. The second-order valence-electron chi connectivity index (χ2n) is 2.45. The Kier molecular flexibility index (Phi) is 4.30. The molecule has 0 spiro atoms. The summed E-state index contributed by atoms with van der Waals surface area (Å²) in [5.41, 5.74) is 0.482. The van der Waals surface area contributed by atoms with Crippen molar-refractivity contribution in [2.24, 2.45) is 0 Å². The van der Waals surface area contributed by atoms with Crippen LogP contribution < -0.4 is 4.72 Å². The second-order valence-corrected chi connectivity index (χ2v) is 6.36. The Morgan fingerprint density at radius 3 is 2.57 bits per heavy atom. The van der Waals surface area contributed by atoms with E-state index in [1.165, 1.54) is 0 Å². The summed E-state index contributed by atoms with van der Waals surface area (Å²) in [5.74, 6) is 0. The van der Waals surface area contributed by atoms with Crippen molar-refractivity contribution in [2.45, 2.75) is 0 Å². The summed E-state index contributed by atoms with van der Waals surface area (Å²) < 4.78 is 25.3. The smallest absolute Gasteiger partial charge is 0.246 e. The molecular weight excluding hydrogens is 360 g/mol. The van der Waals surface area contributed by atoms with Gasteiger partial charge in [0.25, 0.3) is 0 Å². The van der Waals surface area contributed by atoms with Crippen molar-refractivity contribution in [2.75, 3.05) is 9.93 Å². The number of hydrogen-bond donors (Lipinski definition) is 1. The molecule has 0 amide bonds. The molecule has 0 saturated heterocycles. The molecule has 0 heterocycles. The molecule has 0 radical (unpaired) electrons. The van der Waals surface area contributed by atoms with Gasteiger partial charge in [-0.3, -0.25) is 4.72 Å². The Hall–Kier alpha value is 0.280. The fourth-order valence-corrected chi connectivity index (χ4v) is 2.69. The maximum absolute atomic E-state index is 11.1. The minimum atomic E-state index is -3.44. The van der Waals surface area contributed by atoms with E-state index in [1.807, 2.05) is 22.6 Å². The van der Waals surface area contributed by atoms with Gasteiger partial charge in [0.05, 0.1) is 5.69 Å². The standard InChI is InChI=1S/C7H6Cl2INO2S/c8-4-14(12,13)11-7-2-1-5(9)3-6(7)10/h1-3,11H,4H2. The van der Waals surface area contributed by atoms with Gasteiger partial charge in [0.2, 0.25) is 10.0 Å². The summed E-state index contributed by atoms with van der Waals surface area (Å²) in [4.78, 5) is 0. The number of nitrogens with one attached hydrogen (secondary N) is 1. The minimum absolute atomic E-state index is 0.467. The lowest BCUT2D eigenvalue weighted by atomic mass is 10.3. The Morgan fingerprint density at radius 1 is 1.43 bits per heavy atom. The topological polar surface area (TPSA) is 46.2 Å². The summed E-state index contributed by atoms with van der Waals surface area (Å²) >= 11 is 12.9. The van der Waals surface area contributed by atoms with E-state index in [2.05, 4.69) is 4.72 Å². The molecular formula is C7H6Cl2INO2S. The predicted molar refractivity (Wildman–Crippen MR) is 67.4 cm³/mol. The quantitative estimate of drug-likeness (QED) is 0.661. The van der Waals surface area contributed by atoms with Gasteiger partial charge < -0.3 is 0 Å². The van der Waals surface area contributed by atoms with Gasteiger partial charge in [0.15, 0.2) is 0 Å². The van der Waals surface area contributed by atoms with Crippen LogP contribution in [0, 0.1) is 3.57 Å². The van der Waals surface area contributed by atoms with Crippen molar-refractivity contribution in [3.63, 3.8) is 0 Å². The third-order valence-electron chi connectivity index (χ3n) is 1.34. The SMILES string of the molecule is O=S(=O)(CCl)Nc1ccc(Cl)cc1I. The zero-order valence-electron chi connectivity index (χ0n) is 6.80. The highest BCUT2D eigenvalue weighted by Crippen LogP contribution is 2.23. The molecule has 1 N–H and O–H groups in total. The van der Waals surface area contributed by atoms with E-state index in [0.29, 0.717) is 10.7 Å². The predicted octanol–water partition coefficient (Wildman–Crippen LogP) is 2.88. The molecule has 7 heteroatoms. The van der Waals surface area contributed by atoms with Crippen molar-refractivity contribution >= 4 is 61.5 Å². The lowest BCUT2D eigenvalue weighted by Gasteiger charge is -2.07. The molecule has 0 atom stereocenters. The maximum atomic E-state index is 11.1. The molecule has 0 bridgehead atoms. The molecule has 1 aromatic carbocycles. The van der Waals surface area contributed by atoms with Crippen molar-refractivity contribution < 1.29 is 8.42 Å². The summed E-state index contributed by atoms with van der Waals surface area (Å²) in [5, 5.41) is 0.0920. The first-order valence-corrected chi connectivity index (χ1v) is 7.10. The van der Waals surface area contributed by atoms with Crippen LogP contribution in [0.2, 0.25) is 5.02 Å². The van der Waals surface area contributed by atoms with Crippen molar-refractivity contribution in [3.05, 3.63) is 26.8 Å². The van der Waals surface area contributed by atoms with Crippen LogP contribution in [0.15, 0.2) is 18.2 Å². The van der Waals surface area contributed by atoms with E-state index >= 15 is 0 Å². The molecule has 1 aromatic rings. The highest BCUT2D eigenvalue weighted by atomic mass is 127. The van der Waals surface area contributed by atoms with E-state index in [1.54, 1.807) is 18.2 Å². The summed E-state index contributed by atoms with van der Waals surface area (Å²) in [6.45, 7) is 0. The minimum Gasteiger partial charge on any atom is -0.281 e. The molecule has 0 aliphatic rings. The molecule has 0 aliphatic heterocycles. The molecule has 3 nitrogen and oxygen atoms in total. The summed E-state index contributed by atoms with van der Waals surface area (Å²) in [7, 11) is -3.44. The van der Waals surface area contributed by atoms with E-state index in [9.17, 15) is 8.42 Å². The number of anilines is 1. The Bertz CT molecular complexity index is 435. The molecule has 0 fully saturated rings. The van der Waals surface area contributed by atoms with Crippen LogP contribution in [0.3, 0.4) is 0 Å². The van der Waals surface area contributed by atoms with Crippen LogP contribution in [0.25, 0.3) is 0 Å². The highest BCUT2D eigenvalue weighted by molar-refractivity contribution is 14.1. The van der Waals surface area contributed by atoms with Gasteiger partial charge in [0, 0.05) is 8.59 Å². The van der Waals surface area contributed by atoms with Gasteiger partial charge >= 0.3 is 0 Å². The van der Waals surface area contributed by atoms with E-state index in [0.717, 1.165) is 3.57 Å². The van der Waals surface area contributed by atoms with Gasteiger partial charge in [-0.15, -0.1) is 11.6 Å². The van der Waals surface area contributed by atoms with Crippen LogP contribution in [-0.2, 0) is 10.0 Å². The lowest BCUT2D eigenvalue weighted by Crippen LogP contribution is -2.14. The number of sulfonamides is 1. The van der Waals surface area contributed by atoms with Crippen LogP contribution in [0.1, 0.15) is 0 Å². The fraction of sp³-hybridized carbons (Fsp3) is 0.143. The molecule has 0 unspecified atom stereocenters. The number of alkyl halides is 1. The van der Waals surface area contributed by atoms with Crippen molar-refractivity contribution in [1.82, 2.24) is 0 Å². The van der Waals surface area contributed by atoms with E-state index < -0.39 is 15.2 Å². The Labute approximate surface area is 106 Å². The fourth-order valence-electron chi connectivity index (χ4n) is 0.767. The van der Waals surface area contributed by atoms with Gasteiger partial charge in [0.1, 0.15) is 5.21 Å². The largest absolute Gasteiger partial charge is 0.281 e. The number of hydrogen-bond acceptors (Lipinski definition) is 2. The number of rotatable bonds is 3. The Balaban J connectivity index is 2.99. The molecule has 14 heavy (non-hydrogen) atoms. The van der Waals surface area contributed by atoms with Crippen molar-refractivity contribution in [1.29, 1.82) is 0 Å². The second kappa shape index (κ2) is 4.87. The van der Waals surface area contributed by atoms with E-state index in [4.69, 9.17) is 23.2 Å². The first-order chi connectivity index (χ1) is 6.44. The zero-order valence-corrected chi connectivity index (χ0v) is 11.3. The average Bonchev–Trinajstić information content (AvgIpc) is 2.10. The van der Waals surface area contributed by atoms with Crippen LogP contribution >= 0.6 is 45.8 Å². The van der Waals surface area contributed by atoms with Gasteiger partial charge in [-0.2, -0.15) is 0 Å². The first-order valence-electron chi connectivity index (χ1n) is 3.46. The third-order valence-corrected chi connectivity index (χ3v) is 4.15. The number of benzene rings is 1. The van der Waals surface area contributed by atoms with Crippen LogP contribution in [0.5, 0.6) is 0 Å². The summed E-state index contributed by atoms with van der Waals surface area (Å²) in [6, 6.07) is 4.86. The molecule has 0 saturated carbocycles. The van der Waals surface area contributed by atoms with E-state index in [-0.39, 0.29) is 0 Å². The van der Waals surface area contributed by atoms with Gasteiger partial charge in [-0.1, -0.05) is 11.6 Å². The van der Waals surface area contributed by atoms with Gasteiger partial charge in [-0.05, 0) is 40.8 Å². The molecule has 1 rings (SSSR count). The molecule has 0 aliphatic carbocycles. The Morgan fingerprint density at radius 2 is 2.07 bits per heavy atom. The first kappa shape index (κ1) is 12.4. The van der Waals surface area contributed by atoms with Crippen molar-refractivity contribution in [3.8, 4) is 0 Å². The van der Waals surface area contributed by atoms with Crippen LogP contribution in [0.4, 0.5) is 5.69 Å². The normalized spacial score (nSPS) is 11.4. The molecule has 0 aromatic heterocycles. The third kappa shape index (κ3) is 3.45. The zero-order chi connectivity index (χ0) is 10.8. The maximum Gasteiger partial charge on any atom is 0.246 e. The summed E-state index contributed by atoms with van der Waals surface area (Å²) in [6.07, 6.45) is 0. The van der Waals surface area contributed by atoms with Gasteiger partial charge in [-0.25, -0.2) is 8.42 Å². The highest BCUT2D eigenvalue weighted by Gasteiger charge is 2.10.